The lowest BCUT2D eigenvalue weighted by Gasteiger charge is -2.28. The van der Waals surface area contributed by atoms with Crippen LogP contribution in [0.15, 0.2) is 49.1 Å². The lowest BCUT2D eigenvalue weighted by atomic mass is 9.78. The van der Waals surface area contributed by atoms with Crippen LogP contribution in [0.2, 0.25) is 0 Å². The van der Waals surface area contributed by atoms with Gasteiger partial charge in [-0.3, -0.25) is 0 Å². The summed E-state index contributed by atoms with van der Waals surface area (Å²) in [5, 5.41) is 0. The minimum absolute atomic E-state index is 0.334. The minimum Gasteiger partial charge on any atom is -0.374 e. The first kappa shape index (κ1) is 16.5. The summed E-state index contributed by atoms with van der Waals surface area (Å²) in [7, 11) is 0. The van der Waals surface area contributed by atoms with Gasteiger partial charge in [0.1, 0.15) is 0 Å². The van der Waals surface area contributed by atoms with Crippen molar-refractivity contribution >= 4 is 0 Å². The highest BCUT2D eigenvalue weighted by Crippen LogP contribution is 2.36. The zero-order valence-corrected chi connectivity index (χ0v) is 14.4. The molecule has 0 aromatic heterocycles. The quantitative estimate of drug-likeness (QED) is 0.638. The fraction of sp³-hybridized carbons (Fsp3) is 0.545. The van der Waals surface area contributed by atoms with Gasteiger partial charge in [-0.1, -0.05) is 48.1 Å². The number of aryl methyl sites for hydroxylation is 1. The van der Waals surface area contributed by atoms with Crippen LogP contribution in [0.1, 0.15) is 55.6 Å². The van der Waals surface area contributed by atoms with Crippen molar-refractivity contribution in [2.24, 2.45) is 11.8 Å². The van der Waals surface area contributed by atoms with E-state index < -0.39 is 0 Å². The Morgan fingerprint density at radius 3 is 2.22 bits per heavy atom. The molecule has 1 nitrogen and oxygen atoms in total. The van der Waals surface area contributed by atoms with Crippen LogP contribution in [0.4, 0.5) is 0 Å². The second-order valence-electron chi connectivity index (χ2n) is 7.35. The third kappa shape index (κ3) is 4.57. The first-order valence-electron chi connectivity index (χ1n) is 9.23. The normalized spacial score (nSPS) is 32.0. The van der Waals surface area contributed by atoms with Gasteiger partial charge in [-0.25, -0.2) is 0 Å². The van der Waals surface area contributed by atoms with Gasteiger partial charge in [-0.05, 0) is 62.8 Å². The zero-order chi connectivity index (χ0) is 16.1. The van der Waals surface area contributed by atoms with E-state index in [0.717, 1.165) is 24.9 Å². The lowest BCUT2D eigenvalue weighted by molar-refractivity contribution is 0.0242. The maximum Gasteiger partial charge on any atom is 0.0756 e. The first-order chi connectivity index (χ1) is 11.2. The van der Waals surface area contributed by atoms with E-state index in [-0.39, 0.29) is 0 Å². The van der Waals surface area contributed by atoms with Gasteiger partial charge in [-0.15, -0.1) is 6.58 Å². The van der Waals surface area contributed by atoms with Crippen LogP contribution < -0.4 is 0 Å². The third-order valence-electron chi connectivity index (χ3n) is 5.60. The summed E-state index contributed by atoms with van der Waals surface area (Å²) in [6.07, 6.45) is 14.8. The monoisotopic (exact) mass is 310 g/mol. The summed E-state index contributed by atoms with van der Waals surface area (Å²) in [4.78, 5) is 0. The molecule has 2 fully saturated rings. The standard InChI is InChI=1S/C22H30O/c1-3-18-8-14-22(23-16-18)15-9-19-6-12-21(13-7-19)20-10-4-17(2)5-11-20/h3-5,9-11,15,18-19,21-22H,1,6-8,12-14,16H2,2H3/b15-9+. The highest BCUT2D eigenvalue weighted by molar-refractivity contribution is 5.25. The van der Waals surface area contributed by atoms with Crippen LogP contribution >= 0.6 is 0 Å². The highest BCUT2D eigenvalue weighted by Gasteiger charge is 2.22. The Bertz CT molecular complexity index is 511. The predicted octanol–water partition coefficient (Wildman–Crippen LogP) is 5.81. The van der Waals surface area contributed by atoms with Crippen molar-refractivity contribution < 1.29 is 4.74 Å². The molecule has 2 unspecified atom stereocenters. The van der Waals surface area contributed by atoms with E-state index in [1.54, 1.807) is 0 Å². The Morgan fingerprint density at radius 1 is 0.913 bits per heavy atom. The lowest BCUT2D eigenvalue weighted by Crippen LogP contribution is -2.23. The van der Waals surface area contributed by atoms with E-state index in [0.29, 0.717) is 12.0 Å². The van der Waals surface area contributed by atoms with Crippen molar-refractivity contribution in [2.45, 2.75) is 57.5 Å². The second kappa shape index (κ2) is 7.97. The summed E-state index contributed by atoms with van der Waals surface area (Å²) < 4.78 is 5.92. The van der Waals surface area contributed by atoms with Crippen LogP contribution in [0.25, 0.3) is 0 Å². The Kier molecular flexibility index (Phi) is 5.72. The average Bonchev–Trinajstić information content (AvgIpc) is 2.61. The van der Waals surface area contributed by atoms with Gasteiger partial charge < -0.3 is 4.74 Å². The fourth-order valence-electron chi connectivity index (χ4n) is 3.89. The number of ether oxygens (including phenoxy) is 1. The number of benzene rings is 1. The van der Waals surface area contributed by atoms with E-state index in [1.807, 2.05) is 6.08 Å². The van der Waals surface area contributed by atoms with Gasteiger partial charge >= 0.3 is 0 Å². The molecule has 2 atom stereocenters. The Labute approximate surface area is 141 Å². The molecule has 1 saturated carbocycles. The van der Waals surface area contributed by atoms with Crippen LogP contribution in [-0.2, 0) is 4.74 Å². The SMILES string of the molecule is C=CC1CCC(/C=C/C2CCC(c3ccc(C)cc3)CC2)OC1. The molecule has 1 aromatic carbocycles. The maximum atomic E-state index is 5.92. The molecule has 0 bridgehead atoms. The minimum atomic E-state index is 0.334. The molecule has 124 valence electrons. The van der Waals surface area contributed by atoms with Gasteiger partial charge in [0.25, 0.3) is 0 Å². The highest BCUT2D eigenvalue weighted by atomic mass is 16.5. The third-order valence-corrected chi connectivity index (χ3v) is 5.60. The summed E-state index contributed by atoms with van der Waals surface area (Å²) in [5.41, 5.74) is 2.89. The molecule has 0 N–H and O–H groups in total. The zero-order valence-electron chi connectivity index (χ0n) is 14.4. The summed E-state index contributed by atoms with van der Waals surface area (Å²) in [6.45, 7) is 6.88. The summed E-state index contributed by atoms with van der Waals surface area (Å²) in [6, 6.07) is 9.14. The Morgan fingerprint density at radius 2 is 1.61 bits per heavy atom. The van der Waals surface area contributed by atoms with E-state index in [9.17, 15) is 0 Å². The molecular weight excluding hydrogens is 280 g/mol. The second-order valence-corrected chi connectivity index (χ2v) is 7.35. The maximum absolute atomic E-state index is 5.92. The van der Waals surface area contributed by atoms with Crippen molar-refractivity contribution in [3.05, 3.63) is 60.2 Å². The van der Waals surface area contributed by atoms with Crippen molar-refractivity contribution in [2.75, 3.05) is 6.61 Å². The van der Waals surface area contributed by atoms with Gasteiger partial charge in [0.15, 0.2) is 0 Å². The Balaban J connectivity index is 1.45. The average molecular weight is 310 g/mol. The largest absolute Gasteiger partial charge is 0.374 e. The van der Waals surface area contributed by atoms with E-state index >= 15 is 0 Å². The number of hydrogen-bond acceptors (Lipinski definition) is 1. The molecule has 0 radical (unpaired) electrons. The number of hydrogen-bond donors (Lipinski definition) is 0. The van der Waals surface area contributed by atoms with E-state index in [4.69, 9.17) is 4.74 Å². The smallest absolute Gasteiger partial charge is 0.0756 e. The van der Waals surface area contributed by atoms with Crippen LogP contribution in [0.5, 0.6) is 0 Å². The van der Waals surface area contributed by atoms with Crippen molar-refractivity contribution in [1.29, 1.82) is 0 Å². The van der Waals surface area contributed by atoms with E-state index in [2.05, 4.69) is 49.9 Å². The predicted molar refractivity (Wildman–Crippen MR) is 97.7 cm³/mol. The molecule has 0 spiro atoms. The molecule has 1 aliphatic carbocycles. The van der Waals surface area contributed by atoms with Crippen LogP contribution in [0.3, 0.4) is 0 Å². The molecule has 1 aromatic rings. The summed E-state index contributed by atoms with van der Waals surface area (Å²) >= 11 is 0. The summed E-state index contributed by atoms with van der Waals surface area (Å²) in [5.74, 6) is 2.07. The fourth-order valence-corrected chi connectivity index (χ4v) is 3.89. The van der Waals surface area contributed by atoms with Gasteiger partial charge in [0.2, 0.25) is 0 Å². The first-order valence-corrected chi connectivity index (χ1v) is 9.23. The molecule has 23 heavy (non-hydrogen) atoms. The molecule has 2 aliphatic rings. The van der Waals surface area contributed by atoms with Crippen molar-refractivity contribution in [1.82, 2.24) is 0 Å². The number of allylic oxidation sites excluding steroid dienone is 1. The molecular formula is C22H30O. The number of rotatable bonds is 4. The van der Waals surface area contributed by atoms with E-state index in [1.165, 1.54) is 43.2 Å². The van der Waals surface area contributed by atoms with Crippen LogP contribution in [0, 0.1) is 18.8 Å². The van der Waals surface area contributed by atoms with Gasteiger partial charge in [-0.2, -0.15) is 0 Å². The molecule has 1 heteroatoms. The molecule has 3 rings (SSSR count). The van der Waals surface area contributed by atoms with Gasteiger partial charge in [0.05, 0.1) is 12.7 Å². The Hall–Kier alpha value is -1.34. The topological polar surface area (TPSA) is 9.23 Å². The van der Waals surface area contributed by atoms with Crippen molar-refractivity contribution in [3.63, 3.8) is 0 Å². The molecule has 1 saturated heterocycles. The molecule has 1 heterocycles. The van der Waals surface area contributed by atoms with Gasteiger partial charge in [0, 0.05) is 5.92 Å². The molecule has 0 amide bonds. The van der Waals surface area contributed by atoms with Crippen LogP contribution in [-0.4, -0.2) is 12.7 Å². The van der Waals surface area contributed by atoms with Crippen molar-refractivity contribution in [3.8, 4) is 0 Å². The molecule has 1 aliphatic heterocycles.